The third-order valence-corrected chi connectivity index (χ3v) is 17.3. The van der Waals surface area contributed by atoms with E-state index in [-0.39, 0.29) is 24.1 Å². The van der Waals surface area contributed by atoms with Gasteiger partial charge in [-0.2, -0.15) is 0 Å². The molecule has 4 fully saturated rings. The highest BCUT2D eigenvalue weighted by Crippen LogP contribution is 2.67. The number of fused-ring (bicyclic) bond motifs is 5. The summed E-state index contributed by atoms with van der Waals surface area (Å²) < 4.78 is 18.4. The molecule has 5 aliphatic rings. The Morgan fingerprint density at radius 2 is 1.45 bits per heavy atom. The zero-order valence-corrected chi connectivity index (χ0v) is 38.8. The summed E-state index contributed by atoms with van der Waals surface area (Å²) in [5.74, 6) is 5.35. The van der Waals surface area contributed by atoms with Gasteiger partial charge in [0.15, 0.2) is 12.4 Å². The standard InChI is InChI=1S/C52H92O6/c1-8-10-11-12-13-14-15-16-17-18-19-20-21-22-23-24-47(54)58-49-48(55)46(53)36-56-50(49)57-41-31-33-51(6)40(35-41)27-28-42-44-30-29-43(52(44,7)34-32-45(42)51)38(5)25-26-39(9-2)37(3)4/h27,37-39,41-46,48-50,53,55H,8-26,28-36H2,1-7H3. The molecule has 336 valence electrons. The number of carbonyl (C=O) groups is 1. The van der Waals surface area contributed by atoms with E-state index in [2.05, 4.69) is 54.5 Å². The zero-order chi connectivity index (χ0) is 41.7. The van der Waals surface area contributed by atoms with Crippen molar-refractivity contribution >= 4 is 5.97 Å². The molecule has 0 bridgehead atoms. The minimum atomic E-state index is -1.22. The van der Waals surface area contributed by atoms with Crippen LogP contribution in [0.25, 0.3) is 0 Å². The van der Waals surface area contributed by atoms with Crippen LogP contribution in [0.1, 0.15) is 222 Å². The summed E-state index contributed by atoms with van der Waals surface area (Å²) in [6.45, 7) is 17.3. The molecule has 1 saturated heterocycles. The van der Waals surface area contributed by atoms with Crippen LogP contribution >= 0.6 is 0 Å². The largest absolute Gasteiger partial charge is 0.454 e. The van der Waals surface area contributed by atoms with Crippen LogP contribution in [-0.4, -0.2) is 53.5 Å². The van der Waals surface area contributed by atoms with Gasteiger partial charge in [-0.1, -0.05) is 163 Å². The Labute approximate surface area is 357 Å². The van der Waals surface area contributed by atoms with Gasteiger partial charge in [-0.15, -0.1) is 0 Å². The van der Waals surface area contributed by atoms with Crippen molar-refractivity contribution in [3.63, 3.8) is 0 Å². The van der Waals surface area contributed by atoms with Crippen molar-refractivity contribution in [3.05, 3.63) is 11.6 Å². The van der Waals surface area contributed by atoms with Crippen molar-refractivity contribution < 1.29 is 29.2 Å². The highest BCUT2D eigenvalue weighted by Gasteiger charge is 2.59. The van der Waals surface area contributed by atoms with Gasteiger partial charge < -0.3 is 24.4 Å². The molecular formula is C52H92O6. The summed E-state index contributed by atoms with van der Waals surface area (Å²) in [7, 11) is 0. The Hall–Kier alpha value is -0.950. The summed E-state index contributed by atoms with van der Waals surface area (Å²) in [4.78, 5) is 13.0. The van der Waals surface area contributed by atoms with Crippen LogP contribution in [-0.2, 0) is 19.0 Å². The number of hydrogen-bond donors (Lipinski definition) is 2. The van der Waals surface area contributed by atoms with E-state index in [1.807, 2.05) is 0 Å². The average molecular weight is 813 g/mol. The van der Waals surface area contributed by atoms with Crippen molar-refractivity contribution in [1.82, 2.24) is 0 Å². The van der Waals surface area contributed by atoms with Crippen LogP contribution in [0.3, 0.4) is 0 Å². The van der Waals surface area contributed by atoms with E-state index in [1.165, 1.54) is 128 Å². The maximum Gasteiger partial charge on any atom is 0.306 e. The third-order valence-electron chi connectivity index (χ3n) is 17.3. The van der Waals surface area contributed by atoms with Crippen LogP contribution in [0.15, 0.2) is 11.6 Å². The molecule has 6 nitrogen and oxygen atoms in total. The van der Waals surface area contributed by atoms with Gasteiger partial charge in [0, 0.05) is 6.42 Å². The fraction of sp³-hybridized carbons (Fsp3) is 0.942. The lowest BCUT2D eigenvalue weighted by molar-refractivity contribution is -0.289. The van der Waals surface area contributed by atoms with Gasteiger partial charge in [-0.25, -0.2) is 0 Å². The summed E-state index contributed by atoms with van der Waals surface area (Å²) in [6.07, 6.45) is 31.6. The van der Waals surface area contributed by atoms with E-state index in [9.17, 15) is 15.0 Å². The molecule has 4 aliphatic carbocycles. The monoisotopic (exact) mass is 813 g/mol. The second-order valence-corrected chi connectivity index (χ2v) is 21.4. The Bertz CT molecular complexity index is 1230. The SMILES string of the molecule is CCCCCCCCCCCCCCCCCC(=O)OC1C(OC2CCC3(C)C(=CCC4C3CCC3(C)C(C(C)CCC(CC)C(C)C)CCC43)C2)OCC(O)C1O. The van der Waals surface area contributed by atoms with Crippen LogP contribution in [0, 0.1) is 52.3 Å². The molecule has 0 aromatic rings. The second kappa shape index (κ2) is 23.5. The molecule has 0 amide bonds. The summed E-state index contributed by atoms with van der Waals surface area (Å²) in [6, 6.07) is 0. The number of aliphatic hydroxyl groups is 2. The van der Waals surface area contributed by atoms with Gasteiger partial charge in [-0.05, 0) is 116 Å². The second-order valence-electron chi connectivity index (χ2n) is 21.4. The molecule has 13 unspecified atom stereocenters. The minimum absolute atomic E-state index is 0.0213. The maximum atomic E-state index is 13.0. The fourth-order valence-electron chi connectivity index (χ4n) is 13.5. The average Bonchev–Trinajstić information content (AvgIpc) is 3.56. The Morgan fingerprint density at radius 3 is 2.07 bits per heavy atom. The van der Waals surface area contributed by atoms with Gasteiger partial charge in [0.25, 0.3) is 0 Å². The van der Waals surface area contributed by atoms with Gasteiger partial charge >= 0.3 is 5.97 Å². The van der Waals surface area contributed by atoms with E-state index in [1.54, 1.807) is 5.57 Å². The van der Waals surface area contributed by atoms with Gasteiger partial charge in [-0.3, -0.25) is 4.79 Å². The molecule has 0 aromatic heterocycles. The Morgan fingerprint density at radius 1 is 0.810 bits per heavy atom. The van der Waals surface area contributed by atoms with Gasteiger partial charge in [0.1, 0.15) is 12.2 Å². The third kappa shape index (κ3) is 12.4. The molecule has 5 rings (SSSR count). The molecule has 0 spiro atoms. The smallest absolute Gasteiger partial charge is 0.306 e. The van der Waals surface area contributed by atoms with E-state index in [0.717, 1.165) is 80.0 Å². The molecule has 13 atom stereocenters. The minimum Gasteiger partial charge on any atom is -0.454 e. The van der Waals surface area contributed by atoms with E-state index < -0.39 is 24.6 Å². The van der Waals surface area contributed by atoms with Crippen molar-refractivity contribution in [3.8, 4) is 0 Å². The van der Waals surface area contributed by atoms with E-state index >= 15 is 0 Å². The number of esters is 1. The van der Waals surface area contributed by atoms with Crippen LogP contribution in [0.5, 0.6) is 0 Å². The number of ether oxygens (including phenoxy) is 3. The molecule has 3 saturated carbocycles. The lowest BCUT2D eigenvalue weighted by Crippen LogP contribution is -2.56. The number of aliphatic hydroxyl groups excluding tert-OH is 2. The Kier molecular flexibility index (Phi) is 19.5. The number of allylic oxidation sites excluding steroid dienone is 1. The fourth-order valence-corrected chi connectivity index (χ4v) is 13.5. The predicted molar refractivity (Wildman–Crippen MR) is 238 cm³/mol. The lowest BCUT2D eigenvalue weighted by Gasteiger charge is -2.58. The molecule has 6 heteroatoms. The highest BCUT2D eigenvalue weighted by atomic mass is 16.7. The van der Waals surface area contributed by atoms with Gasteiger partial charge in [0.2, 0.25) is 0 Å². The molecule has 0 radical (unpaired) electrons. The number of unbranched alkanes of at least 4 members (excludes halogenated alkanes) is 14. The van der Waals surface area contributed by atoms with Crippen molar-refractivity contribution in [1.29, 1.82) is 0 Å². The van der Waals surface area contributed by atoms with Crippen molar-refractivity contribution in [2.75, 3.05) is 6.61 Å². The topological polar surface area (TPSA) is 85.2 Å². The summed E-state index contributed by atoms with van der Waals surface area (Å²) >= 11 is 0. The molecule has 58 heavy (non-hydrogen) atoms. The van der Waals surface area contributed by atoms with Crippen molar-refractivity contribution in [2.24, 2.45) is 52.3 Å². The molecule has 1 aliphatic heterocycles. The lowest BCUT2D eigenvalue weighted by atomic mass is 9.47. The van der Waals surface area contributed by atoms with E-state index in [4.69, 9.17) is 14.2 Å². The molecule has 0 aromatic carbocycles. The van der Waals surface area contributed by atoms with Gasteiger partial charge in [0.05, 0.1) is 12.7 Å². The molecule has 2 N–H and O–H groups in total. The van der Waals surface area contributed by atoms with Crippen LogP contribution in [0.2, 0.25) is 0 Å². The van der Waals surface area contributed by atoms with Crippen LogP contribution < -0.4 is 0 Å². The number of rotatable bonds is 25. The first-order valence-electron chi connectivity index (χ1n) is 25.4. The molecule has 1 heterocycles. The summed E-state index contributed by atoms with van der Waals surface area (Å²) in [5, 5.41) is 21.5. The first kappa shape index (κ1) is 48.1. The predicted octanol–water partition coefficient (Wildman–Crippen LogP) is 13.3. The molecular weight excluding hydrogens is 721 g/mol. The maximum absolute atomic E-state index is 13.0. The van der Waals surface area contributed by atoms with Crippen LogP contribution in [0.4, 0.5) is 0 Å². The normalized spacial score (nSPS) is 35.8. The van der Waals surface area contributed by atoms with Crippen molar-refractivity contribution in [2.45, 2.75) is 253 Å². The summed E-state index contributed by atoms with van der Waals surface area (Å²) in [5.41, 5.74) is 2.24. The first-order valence-corrected chi connectivity index (χ1v) is 25.4. The quantitative estimate of drug-likeness (QED) is 0.0542. The number of hydrogen-bond acceptors (Lipinski definition) is 6. The Balaban J connectivity index is 1.04. The zero-order valence-electron chi connectivity index (χ0n) is 38.8. The first-order chi connectivity index (χ1) is 27.9. The number of carbonyl (C=O) groups excluding carboxylic acids is 1. The highest BCUT2D eigenvalue weighted by molar-refractivity contribution is 5.69. The van der Waals surface area contributed by atoms with E-state index in [0.29, 0.717) is 11.8 Å².